The molecular formula is C25H27F3N2O2. The zero-order chi connectivity index (χ0) is 22.6. The maximum atomic E-state index is 13.7. The van der Waals surface area contributed by atoms with Crippen LogP contribution in [0.1, 0.15) is 41.7 Å². The van der Waals surface area contributed by atoms with Crippen LogP contribution in [-0.4, -0.2) is 48.5 Å². The third-order valence-electron chi connectivity index (χ3n) is 6.07. The van der Waals surface area contributed by atoms with E-state index in [1.165, 1.54) is 12.1 Å². The van der Waals surface area contributed by atoms with Gasteiger partial charge in [-0.1, -0.05) is 54.6 Å². The van der Waals surface area contributed by atoms with Gasteiger partial charge in [-0.3, -0.25) is 4.79 Å². The lowest BCUT2D eigenvalue weighted by Gasteiger charge is -2.37. The molecule has 0 saturated carbocycles. The molecule has 2 heterocycles. The van der Waals surface area contributed by atoms with E-state index in [-0.39, 0.29) is 18.6 Å². The topological polar surface area (TPSA) is 32.8 Å². The molecule has 1 saturated heterocycles. The molecule has 0 aromatic heterocycles. The minimum absolute atomic E-state index is 0.176. The first-order chi connectivity index (χ1) is 15.4. The fourth-order valence-electron chi connectivity index (χ4n) is 4.36. The molecule has 0 spiro atoms. The van der Waals surface area contributed by atoms with Gasteiger partial charge in [0.05, 0.1) is 18.2 Å². The van der Waals surface area contributed by atoms with E-state index in [9.17, 15) is 18.0 Å². The van der Waals surface area contributed by atoms with Crippen LogP contribution in [0.4, 0.5) is 13.2 Å². The van der Waals surface area contributed by atoms with Crippen molar-refractivity contribution in [2.75, 3.05) is 32.8 Å². The number of carbonyl (C=O) groups is 1. The van der Waals surface area contributed by atoms with Gasteiger partial charge in [0.25, 0.3) is 5.91 Å². The van der Waals surface area contributed by atoms with E-state index >= 15 is 0 Å². The van der Waals surface area contributed by atoms with Crippen LogP contribution in [0.5, 0.6) is 0 Å². The van der Waals surface area contributed by atoms with E-state index in [1.54, 1.807) is 4.90 Å². The van der Waals surface area contributed by atoms with Crippen LogP contribution in [0.2, 0.25) is 0 Å². The summed E-state index contributed by atoms with van der Waals surface area (Å²) in [5.74, 6) is -0.234. The number of amides is 1. The van der Waals surface area contributed by atoms with Gasteiger partial charge in [0, 0.05) is 13.1 Å². The Hall–Kier alpha value is -2.64. The molecular weight excluding hydrogens is 417 g/mol. The summed E-state index contributed by atoms with van der Waals surface area (Å²) in [7, 11) is 0. The van der Waals surface area contributed by atoms with Gasteiger partial charge in [0.15, 0.2) is 6.10 Å². The molecule has 7 heteroatoms. The molecule has 2 aromatic rings. The van der Waals surface area contributed by atoms with Gasteiger partial charge in [-0.25, -0.2) is 0 Å². The highest BCUT2D eigenvalue weighted by molar-refractivity contribution is 5.83. The molecule has 4 rings (SSSR count). The average Bonchev–Trinajstić information content (AvgIpc) is 3.29. The highest BCUT2D eigenvalue weighted by Crippen LogP contribution is 2.33. The summed E-state index contributed by atoms with van der Waals surface area (Å²) in [4.78, 5) is 17.9. The molecule has 0 radical (unpaired) electrons. The van der Waals surface area contributed by atoms with E-state index in [2.05, 4.69) is 4.90 Å². The maximum absolute atomic E-state index is 13.7. The van der Waals surface area contributed by atoms with Crippen LogP contribution in [0.3, 0.4) is 0 Å². The summed E-state index contributed by atoms with van der Waals surface area (Å²) < 4.78 is 44.8. The van der Waals surface area contributed by atoms with E-state index in [0.717, 1.165) is 43.6 Å². The van der Waals surface area contributed by atoms with E-state index in [1.807, 2.05) is 42.5 Å². The Morgan fingerprint density at radius 1 is 0.969 bits per heavy atom. The number of nitrogens with zero attached hydrogens (tertiary/aromatic N) is 2. The standard InChI is InChI=1S/C25H27F3N2O2/c26-25(27,28)21-12-10-20(11-13-21)23-24(31)30(16-6-7-17-32-23)22(18-29-14-4-5-15-29)19-8-2-1-3-9-19/h1-3,6-13,22-23H,4-5,14-18H2/b7-6-. The third kappa shape index (κ3) is 5.22. The lowest BCUT2D eigenvalue weighted by Crippen LogP contribution is -2.44. The van der Waals surface area contributed by atoms with Crippen LogP contribution in [0.15, 0.2) is 66.7 Å². The minimum atomic E-state index is -4.42. The zero-order valence-electron chi connectivity index (χ0n) is 17.8. The summed E-state index contributed by atoms with van der Waals surface area (Å²) in [5, 5.41) is 0. The summed E-state index contributed by atoms with van der Waals surface area (Å²) >= 11 is 0. The number of alkyl halides is 3. The predicted octanol–water partition coefficient (Wildman–Crippen LogP) is 5.00. The van der Waals surface area contributed by atoms with Gasteiger partial charge in [-0.2, -0.15) is 13.2 Å². The molecule has 2 unspecified atom stereocenters. The molecule has 1 amide bonds. The van der Waals surface area contributed by atoms with Gasteiger partial charge in [0.2, 0.25) is 0 Å². The van der Waals surface area contributed by atoms with Crippen molar-refractivity contribution in [3.63, 3.8) is 0 Å². The average molecular weight is 444 g/mol. The maximum Gasteiger partial charge on any atom is 0.416 e. The van der Waals surface area contributed by atoms with Crippen molar-refractivity contribution in [3.05, 3.63) is 83.4 Å². The lowest BCUT2D eigenvalue weighted by atomic mass is 10.0. The molecule has 2 aliphatic rings. The second-order valence-electron chi connectivity index (χ2n) is 8.23. The Morgan fingerprint density at radius 2 is 1.66 bits per heavy atom. The number of rotatable bonds is 5. The van der Waals surface area contributed by atoms with Crippen molar-refractivity contribution in [1.82, 2.24) is 9.80 Å². The Morgan fingerprint density at radius 3 is 2.31 bits per heavy atom. The summed E-state index contributed by atoms with van der Waals surface area (Å²) in [5.41, 5.74) is 0.719. The summed E-state index contributed by atoms with van der Waals surface area (Å²) in [6.07, 6.45) is 0.689. The number of hydrogen-bond donors (Lipinski definition) is 0. The second kappa shape index (κ2) is 9.88. The Labute approximate surface area is 186 Å². The smallest absolute Gasteiger partial charge is 0.360 e. The highest BCUT2D eigenvalue weighted by Gasteiger charge is 2.35. The van der Waals surface area contributed by atoms with Gasteiger partial charge in [-0.15, -0.1) is 0 Å². The highest BCUT2D eigenvalue weighted by atomic mass is 19.4. The van der Waals surface area contributed by atoms with Crippen LogP contribution in [0, 0.1) is 0 Å². The zero-order valence-corrected chi connectivity index (χ0v) is 17.8. The molecule has 0 aliphatic carbocycles. The van der Waals surface area contributed by atoms with Crippen molar-refractivity contribution >= 4 is 5.91 Å². The Bertz CT molecular complexity index is 922. The fourth-order valence-corrected chi connectivity index (χ4v) is 4.36. The van der Waals surface area contributed by atoms with E-state index in [4.69, 9.17) is 4.74 Å². The quantitative estimate of drug-likeness (QED) is 0.609. The van der Waals surface area contributed by atoms with Crippen molar-refractivity contribution in [2.24, 2.45) is 0 Å². The first kappa shape index (κ1) is 22.6. The normalized spacial score (nSPS) is 22.4. The van der Waals surface area contributed by atoms with Gasteiger partial charge in [0.1, 0.15) is 0 Å². The van der Waals surface area contributed by atoms with E-state index < -0.39 is 17.8 Å². The van der Waals surface area contributed by atoms with Crippen molar-refractivity contribution in [3.8, 4) is 0 Å². The monoisotopic (exact) mass is 444 g/mol. The second-order valence-corrected chi connectivity index (χ2v) is 8.23. The van der Waals surface area contributed by atoms with Crippen molar-refractivity contribution in [1.29, 1.82) is 0 Å². The first-order valence-corrected chi connectivity index (χ1v) is 10.9. The fraction of sp³-hybridized carbons (Fsp3) is 0.400. The van der Waals surface area contributed by atoms with Gasteiger partial charge >= 0.3 is 6.18 Å². The van der Waals surface area contributed by atoms with Crippen LogP contribution in [0.25, 0.3) is 0 Å². The molecule has 32 heavy (non-hydrogen) atoms. The molecule has 170 valence electrons. The van der Waals surface area contributed by atoms with Crippen LogP contribution in [-0.2, 0) is 15.7 Å². The number of halogens is 3. The number of hydrogen-bond acceptors (Lipinski definition) is 3. The molecule has 2 atom stereocenters. The molecule has 2 aliphatic heterocycles. The van der Waals surface area contributed by atoms with Gasteiger partial charge < -0.3 is 14.5 Å². The minimum Gasteiger partial charge on any atom is -0.360 e. The summed E-state index contributed by atoms with van der Waals surface area (Å²) in [6, 6.07) is 14.4. The van der Waals surface area contributed by atoms with E-state index in [0.29, 0.717) is 18.7 Å². The van der Waals surface area contributed by atoms with Crippen molar-refractivity contribution < 1.29 is 22.7 Å². The molecule has 4 nitrogen and oxygen atoms in total. The first-order valence-electron chi connectivity index (χ1n) is 10.9. The predicted molar refractivity (Wildman–Crippen MR) is 116 cm³/mol. The molecule has 1 fully saturated rings. The third-order valence-corrected chi connectivity index (χ3v) is 6.07. The Kier molecular flexibility index (Phi) is 6.96. The SMILES string of the molecule is O=C1C(c2ccc(C(F)(F)F)cc2)OC/C=C\CN1C(CN1CCCC1)c1ccccc1. The number of likely N-dealkylation sites (tertiary alicyclic amines) is 1. The Balaban J connectivity index is 1.65. The molecule has 0 N–H and O–H groups in total. The lowest BCUT2D eigenvalue weighted by molar-refractivity contribution is -0.146. The molecule has 2 aromatic carbocycles. The summed E-state index contributed by atoms with van der Waals surface area (Å²) in [6.45, 7) is 3.36. The largest absolute Gasteiger partial charge is 0.416 e. The number of carbonyl (C=O) groups excluding carboxylic acids is 1. The number of ether oxygens (including phenoxy) is 1. The van der Waals surface area contributed by atoms with Crippen LogP contribution >= 0.6 is 0 Å². The van der Waals surface area contributed by atoms with Crippen LogP contribution < -0.4 is 0 Å². The molecule has 0 bridgehead atoms. The number of benzene rings is 2. The van der Waals surface area contributed by atoms with Gasteiger partial charge in [-0.05, 0) is 49.2 Å². The van der Waals surface area contributed by atoms with Crippen molar-refractivity contribution in [2.45, 2.75) is 31.2 Å².